The van der Waals surface area contributed by atoms with Gasteiger partial charge in [-0.2, -0.15) is 0 Å². The molecule has 0 fully saturated rings. The van der Waals surface area contributed by atoms with Gasteiger partial charge in [0.1, 0.15) is 18.4 Å². The molecular formula is C20H16ClNO3S. The van der Waals surface area contributed by atoms with Crippen molar-refractivity contribution >= 4 is 27.3 Å². The van der Waals surface area contributed by atoms with Gasteiger partial charge in [-0.1, -0.05) is 54.1 Å². The van der Waals surface area contributed by atoms with Crippen LogP contribution in [0.2, 0.25) is 5.02 Å². The number of hydrogen-bond acceptors (Lipinski definition) is 3. The molecule has 1 aliphatic rings. The van der Waals surface area contributed by atoms with Crippen LogP contribution in [-0.2, 0) is 10.0 Å². The molecule has 3 aromatic carbocycles. The van der Waals surface area contributed by atoms with Crippen LogP contribution in [0.1, 0.15) is 11.6 Å². The minimum Gasteiger partial charge on any atom is -0.489 e. The highest BCUT2D eigenvalue weighted by molar-refractivity contribution is 7.92. The summed E-state index contributed by atoms with van der Waals surface area (Å²) in [6, 6.07) is 22.4. The maximum Gasteiger partial charge on any atom is 0.265 e. The smallest absolute Gasteiger partial charge is 0.265 e. The molecule has 0 aliphatic carbocycles. The minimum absolute atomic E-state index is 0.194. The first kappa shape index (κ1) is 16.9. The highest BCUT2D eigenvalue weighted by Gasteiger charge is 2.37. The van der Waals surface area contributed by atoms with Crippen molar-refractivity contribution in [1.29, 1.82) is 0 Å². The predicted molar refractivity (Wildman–Crippen MR) is 102 cm³/mol. The summed E-state index contributed by atoms with van der Waals surface area (Å²) in [5, 5.41) is 0.492. The zero-order chi connectivity index (χ0) is 18.1. The molecule has 6 heteroatoms. The van der Waals surface area contributed by atoms with E-state index in [2.05, 4.69) is 0 Å². The summed E-state index contributed by atoms with van der Waals surface area (Å²) in [6.07, 6.45) is 0. The number of ether oxygens (including phenoxy) is 1. The highest BCUT2D eigenvalue weighted by atomic mass is 35.5. The summed E-state index contributed by atoms with van der Waals surface area (Å²) in [5.41, 5.74) is 1.40. The van der Waals surface area contributed by atoms with Gasteiger partial charge in [0.15, 0.2) is 0 Å². The third-order valence-electron chi connectivity index (χ3n) is 4.34. The molecule has 0 amide bonds. The van der Waals surface area contributed by atoms with Gasteiger partial charge in [0, 0.05) is 5.02 Å². The fraction of sp³-hybridized carbons (Fsp3) is 0.100. The van der Waals surface area contributed by atoms with E-state index in [1.54, 1.807) is 30.3 Å². The Morgan fingerprint density at radius 2 is 1.54 bits per heavy atom. The monoisotopic (exact) mass is 385 g/mol. The number of hydrogen-bond donors (Lipinski definition) is 0. The first-order chi connectivity index (χ1) is 12.6. The van der Waals surface area contributed by atoms with Crippen molar-refractivity contribution in [1.82, 2.24) is 0 Å². The predicted octanol–water partition coefficient (Wildman–Crippen LogP) is 4.67. The second-order valence-electron chi connectivity index (χ2n) is 5.96. The van der Waals surface area contributed by atoms with Crippen LogP contribution >= 0.6 is 11.6 Å². The van der Waals surface area contributed by atoms with E-state index in [9.17, 15) is 8.42 Å². The number of benzene rings is 3. The van der Waals surface area contributed by atoms with E-state index in [0.717, 1.165) is 5.56 Å². The Bertz CT molecular complexity index is 1020. The summed E-state index contributed by atoms with van der Waals surface area (Å²) in [7, 11) is -3.79. The van der Waals surface area contributed by atoms with Crippen molar-refractivity contribution in [3.8, 4) is 5.75 Å². The van der Waals surface area contributed by atoms with Crippen LogP contribution in [0.4, 0.5) is 5.69 Å². The highest BCUT2D eigenvalue weighted by Crippen LogP contribution is 2.42. The fourth-order valence-electron chi connectivity index (χ4n) is 3.09. The molecule has 1 atom stereocenters. The number of fused-ring (bicyclic) bond motifs is 1. The van der Waals surface area contributed by atoms with Crippen molar-refractivity contribution in [2.24, 2.45) is 0 Å². The van der Waals surface area contributed by atoms with Crippen LogP contribution in [0.3, 0.4) is 0 Å². The number of anilines is 1. The van der Waals surface area contributed by atoms with Crippen LogP contribution < -0.4 is 9.04 Å². The van der Waals surface area contributed by atoms with Crippen molar-refractivity contribution in [3.05, 3.63) is 89.4 Å². The molecule has 4 nitrogen and oxygen atoms in total. The first-order valence-electron chi connectivity index (χ1n) is 8.14. The molecule has 1 heterocycles. The maximum atomic E-state index is 13.5. The van der Waals surface area contributed by atoms with Gasteiger partial charge < -0.3 is 4.74 Å². The lowest BCUT2D eigenvalue weighted by molar-refractivity contribution is 0.275. The minimum atomic E-state index is -3.79. The van der Waals surface area contributed by atoms with Crippen LogP contribution in [0.15, 0.2) is 83.8 Å². The number of halogens is 1. The quantitative estimate of drug-likeness (QED) is 0.658. The Kier molecular flexibility index (Phi) is 4.34. The van der Waals surface area contributed by atoms with Crippen LogP contribution in [0.5, 0.6) is 5.75 Å². The third-order valence-corrected chi connectivity index (χ3v) is 6.43. The zero-order valence-corrected chi connectivity index (χ0v) is 15.3. The summed E-state index contributed by atoms with van der Waals surface area (Å²) >= 11 is 5.92. The largest absolute Gasteiger partial charge is 0.489 e. The van der Waals surface area contributed by atoms with Gasteiger partial charge in [-0.25, -0.2) is 8.42 Å². The van der Waals surface area contributed by atoms with E-state index in [1.807, 2.05) is 36.4 Å². The van der Waals surface area contributed by atoms with Gasteiger partial charge in [-0.15, -0.1) is 0 Å². The molecule has 0 saturated heterocycles. The summed E-state index contributed by atoms with van der Waals surface area (Å²) < 4.78 is 34.2. The number of nitrogens with zero attached hydrogens (tertiary/aromatic N) is 1. The van der Waals surface area contributed by atoms with Gasteiger partial charge in [-0.3, -0.25) is 4.31 Å². The second kappa shape index (κ2) is 6.67. The first-order valence-corrected chi connectivity index (χ1v) is 9.96. The van der Waals surface area contributed by atoms with E-state index in [0.29, 0.717) is 16.5 Å². The van der Waals surface area contributed by atoms with Gasteiger partial charge in [0.2, 0.25) is 0 Å². The Hall–Kier alpha value is -2.50. The molecule has 0 saturated carbocycles. The summed E-state index contributed by atoms with van der Waals surface area (Å²) in [6.45, 7) is 0.244. The molecule has 0 N–H and O–H groups in total. The number of rotatable bonds is 3. The van der Waals surface area contributed by atoms with Crippen molar-refractivity contribution < 1.29 is 13.2 Å². The van der Waals surface area contributed by atoms with Gasteiger partial charge in [0.05, 0.1) is 10.6 Å². The maximum absolute atomic E-state index is 13.5. The SMILES string of the molecule is O=S(=O)(c1ccc(Cl)cc1)N1c2ccccc2OCC1c1ccccc1. The van der Waals surface area contributed by atoms with Crippen LogP contribution in [0.25, 0.3) is 0 Å². The molecule has 1 aliphatic heterocycles. The Labute approximate surface area is 157 Å². The summed E-state index contributed by atoms with van der Waals surface area (Å²) in [5.74, 6) is 0.553. The summed E-state index contributed by atoms with van der Waals surface area (Å²) in [4.78, 5) is 0.194. The lowest BCUT2D eigenvalue weighted by Gasteiger charge is -2.37. The topological polar surface area (TPSA) is 46.6 Å². The number of sulfonamides is 1. The Morgan fingerprint density at radius 1 is 0.885 bits per heavy atom. The normalized spacial score (nSPS) is 16.7. The second-order valence-corrected chi connectivity index (χ2v) is 8.21. The van der Waals surface area contributed by atoms with E-state index < -0.39 is 16.1 Å². The third kappa shape index (κ3) is 2.93. The van der Waals surface area contributed by atoms with Crippen molar-refractivity contribution in [2.45, 2.75) is 10.9 Å². The molecule has 0 radical (unpaired) electrons. The molecule has 132 valence electrons. The lowest BCUT2D eigenvalue weighted by atomic mass is 10.1. The Morgan fingerprint density at radius 3 is 2.27 bits per heavy atom. The Balaban J connectivity index is 1.89. The van der Waals surface area contributed by atoms with E-state index in [-0.39, 0.29) is 11.5 Å². The lowest BCUT2D eigenvalue weighted by Crippen LogP contribution is -2.41. The number of para-hydroxylation sites is 2. The molecule has 0 spiro atoms. The van der Waals surface area contributed by atoms with E-state index >= 15 is 0 Å². The van der Waals surface area contributed by atoms with Gasteiger partial charge in [0.25, 0.3) is 10.0 Å². The molecule has 4 rings (SSSR count). The van der Waals surface area contributed by atoms with Crippen LogP contribution in [-0.4, -0.2) is 15.0 Å². The molecule has 0 aromatic heterocycles. The molecule has 1 unspecified atom stereocenters. The molecule has 26 heavy (non-hydrogen) atoms. The average Bonchev–Trinajstić information content (AvgIpc) is 2.68. The molecule has 3 aromatic rings. The van der Waals surface area contributed by atoms with Gasteiger partial charge in [-0.05, 0) is 42.0 Å². The fourth-order valence-corrected chi connectivity index (χ4v) is 4.85. The standard InChI is InChI=1S/C20H16ClNO3S/c21-16-10-12-17(13-11-16)26(23,24)22-18-8-4-5-9-20(18)25-14-19(22)15-6-2-1-3-7-15/h1-13,19H,14H2. The van der Waals surface area contributed by atoms with Crippen molar-refractivity contribution in [3.63, 3.8) is 0 Å². The van der Waals surface area contributed by atoms with E-state index in [4.69, 9.17) is 16.3 Å². The van der Waals surface area contributed by atoms with Gasteiger partial charge >= 0.3 is 0 Å². The van der Waals surface area contributed by atoms with Crippen molar-refractivity contribution in [2.75, 3.05) is 10.9 Å². The molecular weight excluding hydrogens is 370 g/mol. The van der Waals surface area contributed by atoms with Crippen LogP contribution in [0, 0.1) is 0 Å². The van der Waals surface area contributed by atoms with E-state index in [1.165, 1.54) is 16.4 Å². The average molecular weight is 386 g/mol. The molecule has 0 bridgehead atoms. The zero-order valence-electron chi connectivity index (χ0n) is 13.7.